The van der Waals surface area contributed by atoms with Gasteiger partial charge in [0.1, 0.15) is 0 Å². The molecule has 0 fully saturated rings. The number of fused-ring (bicyclic) bond motifs is 6. The Balaban J connectivity index is 1.58. The third-order valence-corrected chi connectivity index (χ3v) is 6.79. The second kappa shape index (κ2) is 7.02. The van der Waals surface area contributed by atoms with Crippen LogP contribution in [0.2, 0.25) is 0 Å². The molecule has 0 unspecified atom stereocenters. The fraction of sp³-hybridized carbons (Fsp3) is 0. The standard InChI is InChI=1S/C28H17BrN4/c29-18-13-19(32-25-7-3-1-5-21(25)23-9-11-30-16-27(23)32)15-20(14-18)33-26-8-4-2-6-22(26)24-10-12-31-17-28(24)33/h1-17H. The van der Waals surface area contributed by atoms with Crippen LogP contribution in [0.1, 0.15) is 0 Å². The minimum Gasteiger partial charge on any atom is -0.308 e. The molecule has 0 aliphatic carbocycles. The molecule has 5 heteroatoms. The Kier molecular flexibility index (Phi) is 3.96. The van der Waals surface area contributed by atoms with E-state index in [0.717, 1.165) is 37.9 Å². The third-order valence-electron chi connectivity index (χ3n) is 6.34. The molecule has 156 valence electrons. The van der Waals surface area contributed by atoms with Crippen molar-refractivity contribution in [1.82, 2.24) is 19.1 Å². The van der Waals surface area contributed by atoms with Gasteiger partial charge in [-0.3, -0.25) is 9.97 Å². The molecule has 7 rings (SSSR count). The molecule has 0 saturated carbocycles. The Bertz CT molecular complexity index is 1610. The predicted molar refractivity (Wildman–Crippen MR) is 138 cm³/mol. The highest BCUT2D eigenvalue weighted by atomic mass is 79.9. The number of para-hydroxylation sites is 2. The highest BCUT2D eigenvalue weighted by Gasteiger charge is 2.16. The van der Waals surface area contributed by atoms with E-state index in [1.807, 2.05) is 24.8 Å². The highest BCUT2D eigenvalue weighted by Crippen LogP contribution is 2.36. The quantitative estimate of drug-likeness (QED) is 0.253. The summed E-state index contributed by atoms with van der Waals surface area (Å²) in [5.74, 6) is 0. The molecule has 0 radical (unpaired) electrons. The summed E-state index contributed by atoms with van der Waals surface area (Å²) in [6.07, 6.45) is 7.60. The topological polar surface area (TPSA) is 35.6 Å². The zero-order valence-corrected chi connectivity index (χ0v) is 19.1. The lowest BCUT2D eigenvalue weighted by Gasteiger charge is -2.13. The molecule has 4 aromatic heterocycles. The molecule has 0 aliphatic heterocycles. The first-order chi connectivity index (χ1) is 16.3. The Hall–Kier alpha value is -3.96. The van der Waals surface area contributed by atoms with Crippen LogP contribution in [0.5, 0.6) is 0 Å². The van der Waals surface area contributed by atoms with Crippen molar-refractivity contribution in [2.24, 2.45) is 0 Å². The van der Waals surface area contributed by atoms with Crippen molar-refractivity contribution in [2.75, 3.05) is 0 Å². The van der Waals surface area contributed by atoms with Crippen LogP contribution in [0.25, 0.3) is 55.0 Å². The molecular formula is C28H17BrN4. The van der Waals surface area contributed by atoms with E-state index in [1.165, 1.54) is 21.5 Å². The van der Waals surface area contributed by atoms with Crippen molar-refractivity contribution in [3.63, 3.8) is 0 Å². The van der Waals surface area contributed by atoms with Gasteiger partial charge in [0.05, 0.1) is 34.5 Å². The van der Waals surface area contributed by atoms with Gasteiger partial charge in [-0.2, -0.15) is 0 Å². The highest BCUT2D eigenvalue weighted by molar-refractivity contribution is 9.10. The maximum absolute atomic E-state index is 4.42. The molecule has 0 saturated heterocycles. The average Bonchev–Trinajstić information content (AvgIpc) is 3.37. The number of rotatable bonds is 2. The lowest BCUT2D eigenvalue weighted by molar-refractivity contribution is 1.12. The van der Waals surface area contributed by atoms with Crippen LogP contribution in [-0.4, -0.2) is 19.1 Å². The van der Waals surface area contributed by atoms with Crippen LogP contribution in [0.4, 0.5) is 0 Å². The zero-order valence-electron chi connectivity index (χ0n) is 17.5. The van der Waals surface area contributed by atoms with Crippen molar-refractivity contribution in [3.8, 4) is 11.4 Å². The minimum atomic E-state index is 1.01. The molecule has 0 N–H and O–H groups in total. The fourth-order valence-electron chi connectivity index (χ4n) is 5.01. The number of nitrogens with zero attached hydrogens (tertiary/aromatic N) is 4. The van der Waals surface area contributed by atoms with E-state index < -0.39 is 0 Å². The average molecular weight is 489 g/mol. The molecule has 0 atom stereocenters. The normalized spacial score (nSPS) is 11.8. The summed E-state index contributed by atoms with van der Waals surface area (Å²) in [5, 5.41) is 4.83. The third kappa shape index (κ3) is 2.69. The largest absolute Gasteiger partial charge is 0.308 e. The summed E-state index contributed by atoms with van der Waals surface area (Å²) in [6, 6.07) is 27.8. The van der Waals surface area contributed by atoms with Gasteiger partial charge >= 0.3 is 0 Å². The Morgan fingerprint density at radius 2 is 0.970 bits per heavy atom. The summed E-state index contributed by atoms with van der Waals surface area (Å²) in [4.78, 5) is 8.85. The van der Waals surface area contributed by atoms with Crippen LogP contribution in [0.15, 0.2) is 108 Å². The van der Waals surface area contributed by atoms with Crippen molar-refractivity contribution in [2.45, 2.75) is 0 Å². The van der Waals surface area contributed by atoms with Gasteiger partial charge in [0.2, 0.25) is 0 Å². The smallest absolute Gasteiger partial charge is 0.0724 e. The van der Waals surface area contributed by atoms with Gasteiger partial charge in [0.15, 0.2) is 0 Å². The van der Waals surface area contributed by atoms with Crippen molar-refractivity contribution < 1.29 is 0 Å². The SMILES string of the molecule is Brc1cc(-n2c3ccccc3c3ccncc32)cc(-n2c3ccccc3c3ccncc32)c1. The predicted octanol–water partition coefficient (Wildman–Crippen LogP) is 7.43. The Morgan fingerprint density at radius 1 is 0.515 bits per heavy atom. The van der Waals surface area contributed by atoms with E-state index in [4.69, 9.17) is 0 Å². The van der Waals surface area contributed by atoms with Gasteiger partial charge in [0.25, 0.3) is 0 Å². The number of pyridine rings is 2. The van der Waals surface area contributed by atoms with Crippen LogP contribution >= 0.6 is 15.9 Å². The first-order valence-electron chi connectivity index (χ1n) is 10.8. The molecule has 3 aromatic carbocycles. The Labute approximate surface area is 197 Å². The van der Waals surface area contributed by atoms with Gasteiger partial charge < -0.3 is 9.13 Å². The Morgan fingerprint density at radius 3 is 1.48 bits per heavy atom. The molecule has 0 bridgehead atoms. The second-order valence-electron chi connectivity index (χ2n) is 8.16. The molecule has 33 heavy (non-hydrogen) atoms. The van der Waals surface area contributed by atoms with Gasteiger partial charge in [-0.25, -0.2) is 0 Å². The van der Waals surface area contributed by atoms with E-state index in [1.54, 1.807) is 0 Å². The lowest BCUT2D eigenvalue weighted by atomic mass is 10.2. The first-order valence-corrected chi connectivity index (χ1v) is 11.6. The van der Waals surface area contributed by atoms with Crippen LogP contribution in [0, 0.1) is 0 Å². The summed E-state index contributed by atoms with van der Waals surface area (Å²) < 4.78 is 5.59. The molecule has 0 spiro atoms. The summed E-state index contributed by atoms with van der Waals surface area (Å²) in [7, 11) is 0. The van der Waals surface area contributed by atoms with E-state index in [2.05, 4.69) is 114 Å². The van der Waals surface area contributed by atoms with Crippen LogP contribution in [0.3, 0.4) is 0 Å². The first kappa shape index (κ1) is 18.6. The number of halogens is 1. The zero-order chi connectivity index (χ0) is 21.9. The monoisotopic (exact) mass is 488 g/mol. The van der Waals surface area contributed by atoms with Gasteiger partial charge in [-0.05, 0) is 42.5 Å². The lowest BCUT2D eigenvalue weighted by Crippen LogP contribution is -1.99. The number of aromatic nitrogens is 4. The molecule has 4 heterocycles. The molecule has 7 aromatic rings. The minimum absolute atomic E-state index is 1.01. The maximum atomic E-state index is 4.42. The van der Waals surface area contributed by atoms with E-state index in [9.17, 15) is 0 Å². The summed E-state index contributed by atoms with van der Waals surface area (Å²) in [5.41, 5.74) is 6.65. The van der Waals surface area contributed by atoms with Gasteiger partial charge in [0, 0.05) is 49.8 Å². The summed E-state index contributed by atoms with van der Waals surface area (Å²) >= 11 is 3.78. The number of hydrogen-bond acceptors (Lipinski definition) is 2. The van der Waals surface area contributed by atoms with Crippen molar-refractivity contribution in [1.29, 1.82) is 0 Å². The van der Waals surface area contributed by atoms with Gasteiger partial charge in [-0.1, -0.05) is 52.3 Å². The van der Waals surface area contributed by atoms with E-state index in [-0.39, 0.29) is 0 Å². The molecule has 4 nitrogen and oxygen atoms in total. The fourth-order valence-corrected chi connectivity index (χ4v) is 5.48. The maximum Gasteiger partial charge on any atom is 0.0724 e. The second-order valence-corrected chi connectivity index (χ2v) is 9.07. The number of hydrogen-bond donors (Lipinski definition) is 0. The van der Waals surface area contributed by atoms with E-state index in [0.29, 0.717) is 0 Å². The van der Waals surface area contributed by atoms with Crippen LogP contribution in [-0.2, 0) is 0 Å². The van der Waals surface area contributed by atoms with Crippen molar-refractivity contribution >= 4 is 59.5 Å². The summed E-state index contributed by atoms with van der Waals surface area (Å²) in [6.45, 7) is 0. The molecule has 0 aliphatic rings. The molecular weight excluding hydrogens is 472 g/mol. The van der Waals surface area contributed by atoms with Gasteiger partial charge in [-0.15, -0.1) is 0 Å². The van der Waals surface area contributed by atoms with Crippen LogP contribution < -0.4 is 0 Å². The van der Waals surface area contributed by atoms with E-state index >= 15 is 0 Å². The van der Waals surface area contributed by atoms with Crippen molar-refractivity contribution in [3.05, 3.63) is 108 Å². The molecule has 0 amide bonds. The number of benzene rings is 3.